The molecule has 0 aliphatic heterocycles. The predicted octanol–water partition coefficient (Wildman–Crippen LogP) is 2.27. The Bertz CT molecular complexity index is 612. The predicted molar refractivity (Wildman–Crippen MR) is 88.7 cm³/mol. The first-order valence-electron chi connectivity index (χ1n) is 7.67. The van der Waals surface area contributed by atoms with Crippen molar-refractivity contribution in [1.82, 2.24) is 20.6 Å². The van der Waals surface area contributed by atoms with Gasteiger partial charge in [0, 0.05) is 18.0 Å². The number of aliphatic hydroxyl groups excluding tert-OH is 1. The quantitative estimate of drug-likeness (QED) is 0.763. The SMILES string of the molecule is CCC(CO)NC(=O)NC(C)c1ccc(-c2cncnc2)cc1. The Labute approximate surface area is 136 Å². The van der Waals surface area contributed by atoms with Crippen LogP contribution in [0.5, 0.6) is 0 Å². The van der Waals surface area contributed by atoms with Crippen molar-refractivity contribution < 1.29 is 9.90 Å². The molecule has 6 heteroatoms. The summed E-state index contributed by atoms with van der Waals surface area (Å²) in [6.07, 6.45) is 5.71. The Morgan fingerprint density at radius 1 is 1.13 bits per heavy atom. The second kappa shape index (κ2) is 8.24. The van der Waals surface area contributed by atoms with Crippen molar-refractivity contribution in [2.24, 2.45) is 0 Å². The summed E-state index contributed by atoms with van der Waals surface area (Å²) in [7, 11) is 0. The third kappa shape index (κ3) is 4.75. The van der Waals surface area contributed by atoms with Gasteiger partial charge in [0.2, 0.25) is 0 Å². The number of aromatic nitrogens is 2. The summed E-state index contributed by atoms with van der Waals surface area (Å²) in [5.74, 6) is 0. The van der Waals surface area contributed by atoms with E-state index < -0.39 is 0 Å². The number of carbonyl (C=O) groups is 1. The highest BCUT2D eigenvalue weighted by Crippen LogP contribution is 2.20. The van der Waals surface area contributed by atoms with Crippen molar-refractivity contribution in [2.75, 3.05) is 6.61 Å². The van der Waals surface area contributed by atoms with Crippen molar-refractivity contribution in [3.05, 3.63) is 48.5 Å². The second-order valence-corrected chi connectivity index (χ2v) is 5.38. The molecule has 2 unspecified atom stereocenters. The van der Waals surface area contributed by atoms with E-state index in [2.05, 4.69) is 20.6 Å². The Balaban J connectivity index is 1.97. The fourth-order valence-electron chi connectivity index (χ4n) is 2.20. The van der Waals surface area contributed by atoms with Crippen LogP contribution in [-0.4, -0.2) is 33.8 Å². The van der Waals surface area contributed by atoms with Crippen LogP contribution in [-0.2, 0) is 0 Å². The third-order valence-corrected chi connectivity index (χ3v) is 3.70. The van der Waals surface area contributed by atoms with Crippen LogP contribution in [0.4, 0.5) is 4.79 Å². The first-order chi connectivity index (χ1) is 11.1. The monoisotopic (exact) mass is 314 g/mol. The van der Waals surface area contributed by atoms with E-state index in [1.54, 1.807) is 12.4 Å². The Kier molecular flexibility index (Phi) is 6.05. The average molecular weight is 314 g/mol. The van der Waals surface area contributed by atoms with Crippen molar-refractivity contribution >= 4 is 6.03 Å². The lowest BCUT2D eigenvalue weighted by Gasteiger charge is -2.19. The van der Waals surface area contributed by atoms with Crippen LogP contribution in [0.1, 0.15) is 31.9 Å². The highest BCUT2D eigenvalue weighted by atomic mass is 16.3. The number of aliphatic hydroxyl groups is 1. The van der Waals surface area contributed by atoms with Crippen LogP contribution in [0.15, 0.2) is 43.0 Å². The number of urea groups is 1. The summed E-state index contributed by atoms with van der Waals surface area (Å²) in [5, 5.41) is 14.7. The van der Waals surface area contributed by atoms with Gasteiger partial charge in [-0.25, -0.2) is 14.8 Å². The standard InChI is InChI=1S/C17H22N4O2/c1-3-16(10-22)21-17(23)20-12(2)13-4-6-14(7-5-13)15-8-18-11-19-9-15/h4-9,11-12,16,22H,3,10H2,1-2H3,(H2,20,21,23). The van der Waals surface area contributed by atoms with E-state index in [0.29, 0.717) is 6.42 Å². The largest absolute Gasteiger partial charge is 0.394 e. The highest BCUT2D eigenvalue weighted by molar-refractivity contribution is 5.74. The molecule has 2 atom stereocenters. The molecule has 0 fully saturated rings. The summed E-state index contributed by atoms with van der Waals surface area (Å²) >= 11 is 0. The fourth-order valence-corrected chi connectivity index (χ4v) is 2.20. The van der Waals surface area contributed by atoms with Crippen LogP contribution in [0.25, 0.3) is 11.1 Å². The lowest BCUT2D eigenvalue weighted by molar-refractivity contribution is 0.212. The molecule has 2 rings (SSSR count). The molecule has 0 aliphatic rings. The molecule has 1 aromatic heterocycles. The first-order valence-corrected chi connectivity index (χ1v) is 7.67. The molecule has 0 saturated carbocycles. The van der Waals surface area contributed by atoms with Crippen molar-refractivity contribution in [2.45, 2.75) is 32.4 Å². The molecular weight excluding hydrogens is 292 g/mol. The van der Waals surface area contributed by atoms with Crippen molar-refractivity contribution in [3.8, 4) is 11.1 Å². The zero-order valence-electron chi connectivity index (χ0n) is 13.4. The minimum Gasteiger partial charge on any atom is -0.394 e. The average Bonchev–Trinajstić information content (AvgIpc) is 2.60. The van der Waals surface area contributed by atoms with E-state index in [1.165, 1.54) is 6.33 Å². The van der Waals surface area contributed by atoms with Gasteiger partial charge in [-0.05, 0) is 24.5 Å². The van der Waals surface area contributed by atoms with E-state index in [4.69, 9.17) is 5.11 Å². The zero-order chi connectivity index (χ0) is 16.7. The minimum absolute atomic E-state index is 0.0633. The normalized spacial score (nSPS) is 13.2. The minimum atomic E-state index is -0.279. The number of carbonyl (C=O) groups excluding carboxylic acids is 1. The van der Waals surface area contributed by atoms with E-state index in [1.807, 2.05) is 38.1 Å². The smallest absolute Gasteiger partial charge is 0.315 e. The van der Waals surface area contributed by atoms with E-state index in [9.17, 15) is 4.79 Å². The van der Waals surface area contributed by atoms with Crippen molar-refractivity contribution in [3.63, 3.8) is 0 Å². The number of amides is 2. The van der Waals surface area contributed by atoms with E-state index in [-0.39, 0.29) is 24.7 Å². The molecule has 3 N–H and O–H groups in total. The molecule has 1 heterocycles. The molecule has 0 spiro atoms. The summed E-state index contributed by atoms with van der Waals surface area (Å²) < 4.78 is 0. The molecule has 6 nitrogen and oxygen atoms in total. The lowest BCUT2D eigenvalue weighted by Crippen LogP contribution is -2.44. The van der Waals surface area contributed by atoms with Gasteiger partial charge in [0.15, 0.2) is 0 Å². The van der Waals surface area contributed by atoms with E-state index in [0.717, 1.165) is 16.7 Å². The molecule has 122 valence electrons. The lowest BCUT2D eigenvalue weighted by atomic mass is 10.0. The molecule has 2 aromatic rings. The topological polar surface area (TPSA) is 87.1 Å². The van der Waals surface area contributed by atoms with Crippen LogP contribution in [0.2, 0.25) is 0 Å². The van der Waals surface area contributed by atoms with Crippen LogP contribution in [0, 0.1) is 0 Å². The number of nitrogens with zero attached hydrogens (tertiary/aromatic N) is 2. The molecular formula is C17H22N4O2. The maximum Gasteiger partial charge on any atom is 0.315 e. The second-order valence-electron chi connectivity index (χ2n) is 5.38. The van der Waals surface area contributed by atoms with Gasteiger partial charge in [-0.3, -0.25) is 0 Å². The molecule has 0 radical (unpaired) electrons. The van der Waals surface area contributed by atoms with Crippen LogP contribution in [0.3, 0.4) is 0 Å². The first kappa shape index (κ1) is 16.9. The number of hydrogen-bond acceptors (Lipinski definition) is 4. The van der Waals surface area contributed by atoms with Gasteiger partial charge in [-0.2, -0.15) is 0 Å². The summed E-state index contributed by atoms with van der Waals surface area (Å²) in [5.41, 5.74) is 2.97. The fraction of sp³-hybridized carbons (Fsp3) is 0.353. The van der Waals surface area contributed by atoms with Gasteiger partial charge in [-0.1, -0.05) is 31.2 Å². The van der Waals surface area contributed by atoms with Crippen LogP contribution >= 0.6 is 0 Å². The summed E-state index contributed by atoms with van der Waals surface area (Å²) in [6.45, 7) is 3.77. The van der Waals surface area contributed by atoms with Crippen molar-refractivity contribution in [1.29, 1.82) is 0 Å². The highest BCUT2D eigenvalue weighted by Gasteiger charge is 2.12. The number of benzene rings is 1. The molecule has 0 aliphatic carbocycles. The molecule has 0 saturated heterocycles. The Hall–Kier alpha value is -2.47. The number of rotatable bonds is 6. The Morgan fingerprint density at radius 3 is 2.35 bits per heavy atom. The summed E-state index contributed by atoms with van der Waals surface area (Å²) in [4.78, 5) is 19.9. The zero-order valence-corrected chi connectivity index (χ0v) is 13.4. The molecule has 23 heavy (non-hydrogen) atoms. The molecule has 0 bridgehead atoms. The molecule has 2 amide bonds. The molecule has 1 aromatic carbocycles. The number of hydrogen-bond donors (Lipinski definition) is 3. The maximum atomic E-state index is 11.9. The Morgan fingerprint density at radius 2 is 1.78 bits per heavy atom. The van der Waals surface area contributed by atoms with Gasteiger partial charge in [-0.15, -0.1) is 0 Å². The van der Waals surface area contributed by atoms with Gasteiger partial charge in [0.05, 0.1) is 18.7 Å². The number of nitrogens with one attached hydrogen (secondary N) is 2. The van der Waals surface area contributed by atoms with Gasteiger partial charge in [0.1, 0.15) is 6.33 Å². The van der Waals surface area contributed by atoms with E-state index >= 15 is 0 Å². The van der Waals surface area contributed by atoms with Gasteiger partial charge >= 0.3 is 6.03 Å². The van der Waals surface area contributed by atoms with Gasteiger partial charge in [0.25, 0.3) is 0 Å². The maximum absolute atomic E-state index is 11.9. The third-order valence-electron chi connectivity index (χ3n) is 3.70. The summed E-state index contributed by atoms with van der Waals surface area (Å²) in [6, 6.07) is 7.26. The van der Waals surface area contributed by atoms with Gasteiger partial charge < -0.3 is 15.7 Å². The van der Waals surface area contributed by atoms with Crippen LogP contribution < -0.4 is 10.6 Å².